The molecule has 0 amide bonds. The second-order valence-electron chi connectivity index (χ2n) is 2.02. The summed E-state index contributed by atoms with van der Waals surface area (Å²) in [5.41, 5.74) is 0. The molecule has 0 heterocycles. The van der Waals surface area contributed by atoms with Crippen molar-refractivity contribution < 1.29 is 4.74 Å². The van der Waals surface area contributed by atoms with Crippen molar-refractivity contribution in [3.8, 4) is 6.07 Å². The Morgan fingerprint density at radius 3 is 3.00 bits per heavy atom. The molecule has 62 valence electrons. The molecular weight excluding hydrogens is 140 g/mol. The van der Waals surface area contributed by atoms with Gasteiger partial charge in [-0.2, -0.15) is 5.26 Å². The Bertz CT molecular complexity index is 129. The highest BCUT2D eigenvalue weighted by molar-refractivity contribution is 4.72. The lowest BCUT2D eigenvalue weighted by Crippen LogP contribution is -2.19. The molecule has 0 aromatic carbocycles. The number of ether oxygens (including phenoxy) is 1. The lowest BCUT2D eigenvalue weighted by Gasteiger charge is -2.00. The van der Waals surface area contributed by atoms with Crippen LogP contribution in [0.15, 0.2) is 12.7 Å². The van der Waals surface area contributed by atoms with Gasteiger partial charge in [-0.1, -0.05) is 6.08 Å². The zero-order chi connectivity index (χ0) is 8.36. The van der Waals surface area contributed by atoms with E-state index in [1.54, 1.807) is 0 Å². The first-order valence-electron chi connectivity index (χ1n) is 3.68. The maximum Gasteiger partial charge on any atom is 0.0841 e. The molecule has 3 heteroatoms. The average molecular weight is 154 g/mol. The molecule has 1 N–H and O–H groups in total. The first kappa shape index (κ1) is 10.2. The van der Waals surface area contributed by atoms with Gasteiger partial charge in [0, 0.05) is 6.54 Å². The van der Waals surface area contributed by atoms with E-state index in [2.05, 4.69) is 11.9 Å². The van der Waals surface area contributed by atoms with Gasteiger partial charge in [0.05, 0.1) is 25.8 Å². The highest BCUT2D eigenvalue weighted by Crippen LogP contribution is 1.80. The van der Waals surface area contributed by atoms with Crippen molar-refractivity contribution in [2.75, 3.05) is 26.3 Å². The number of rotatable bonds is 7. The molecule has 0 rings (SSSR count). The molecule has 0 aliphatic carbocycles. The van der Waals surface area contributed by atoms with Crippen molar-refractivity contribution in [1.82, 2.24) is 5.32 Å². The highest BCUT2D eigenvalue weighted by Gasteiger charge is 1.85. The van der Waals surface area contributed by atoms with Gasteiger partial charge in [0.1, 0.15) is 0 Å². The van der Waals surface area contributed by atoms with Gasteiger partial charge in [-0.25, -0.2) is 0 Å². The first-order valence-corrected chi connectivity index (χ1v) is 3.68. The van der Waals surface area contributed by atoms with E-state index >= 15 is 0 Å². The highest BCUT2D eigenvalue weighted by atomic mass is 16.5. The predicted molar refractivity (Wildman–Crippen MR) is 44.1 cm³/mol. The quantitative estimate of drug-likeness (QED) is 0.333. The van der Waals surface area contributed by atoms with Gasteiger partial charge in [-0.3, -0.25) is 0 Å². The summed E-state index contributed by atoms with van der Waals surface area (Å²) in [7, 11) is 0. The van der Waals surface area contributed by atoms with Crippen molar-refractivity contribution >= 4 is 0 Å². The molecule has 0 radical (unpaired) electrons. The van der Waals surface area contributed by atoms with Crippen molar-refractivity contribution in [3.05, 3.63) is 12.7 Å². The van der Waals surface area contributed by atoms with Crippen LogP contribution < -0.4 is 5.32 Å². The zero-order valence-electron chi connectivity index (χ0n) is 6.68. The molecule has 0 saturated carbocycles. The second kappa shape index (κ2) is 9.15. The van der Waals surface area contributed by atoms with Crippen LogP contribution in [-0.4, -0.2) is 26.3 Å². The van der Waals surface area contributed by atoms with E-state index in [1.807, 2.05) is 12.1 Å². The summed E-state index contributed by atoms with van der Waals surface area (Å²) in [6.07, 6.45) is 2.71. The third kappa shape index (κ3) is 9.15. The molecule has 0 aromatic heterocycles. The van der Waals surface area contributed by atoms with Gasteiger partial charge in [-0.05, 0) is 6.42 Å². The Labute approximate surface area is 67.7 Å². The summed E-state index contributed by atoms with van der Waals surface area (Å²) in [5.74, 6) is 0. The minimum Gasteiger partial charge on any atom is -0.380 e. The van der Waals surface area contributed by atoms with Crippen molar-refractivity contribution in [2.45, 2.75) is 6.42 Å². The van der Waals surface area contributed by atoms with Gasteiger partial charge in [0.15, 0.2) is 0 Å². The van der Waals surface area contributed by atoms with Crippen LogP contribution in [0.2, 0.25) is 0 Å². The number of nitrogens with one attached hydrogen (secondary N) is 1. The molecule has 11 heavy (non-hydrogen) atoms. The van der Waals surface area contributed by atoms with Gasteiger partial charge in [-0.15, -0.1) is 6.58 Å². The molecule has 0 atom stereocenters. The molecule has 0 saturated heterocycles. The fourth-order valence-corrected chi connectivity index (χ4v) is 0.557. The molecule has 3 nitrogen and oxygen atoms in total. The Morgan fingerprint density at radius 1 is 1.55 bits per heavy atom. The van der Waals surface area contributed by atoms with E-state index in [4.69, 9.17) is 10.00 Å². The van der Waals surface area contributed by atoms with Crippen LogP contribution >= 0.6 is 0 Å². The smallest absolute Gasteiger partial charge is 0.0841 e. The third-order valence-corrected chi connectivity index (χ3v) is 1.09. The summed E-state index contributed by atoms with van der Waals surface area (Å²) >= 11 is 0. The molecule has 0 fully saturated rings. The van der Waals surface area contributed by atoms with E-state index in [9.17, 15) is 0 Å². The zero-order valence-corrected chi connectivity index (χ0v) is 6.68. The number of nitriles is 1. The lowest BCUT2D eigenvalue weighted by molar-refractivity contribution is 0.141. The second-order valence-corrected chi connectivity index (χ2v) is 2.02. The summed E-state index contributed by atoms with van der Waals surface area (Å²) in [4.78, 5) is 0. The van der Waals surface area contributed by atoms with Crippen molar-refractivity contribution in [2.24, 2.45) is 0 Å². The number of hydrogen-bond acceptors (Lipinski definition) is 3. The van der Waals surface area contributed by atoms with Crippen LogP contribution in [0.5, 0.6) is 0 Å². The maximum absolute atomic E-state index is 8.14. The summed E-state index contributed by atoms with van der Waals surface area (Å²) in [6, 6.07) is 1.99. The minimum absolute atomic E-state index is 0.394. The largest absolute Gasteiger partial charge is 0.380 e. The molecular formula is C8H14N2O. The first-order chi connectivity index (χ1) is 5.41. The van der Waals surface area contributed by atoms with Gasteiger partial charge >= 0.3 is 0 Å². The predicted octanol–water partition coefficient (Wildman–Crippen LogP) is 0.692. The van der Waals surface area contributed by atoms with E-state index in [1.165, 1.54) is 0 Å². The number of nitrogens with zero attached hydrogens (tertiary/aromatic N) is 1. The van der Waals surface area contributed by atoms with E-state index < -0.39 is 0 Å². The summed E-state index contributed by atoms with van der Waals surface area (Å²) in [6.45, 7) is 6.09. The molecule has 0 aliphatic heterocycles. The third-order valence-electron chi connectivity index (χ3n) is 1.09. The molecule has 0 bridgehead atoms. The van der Waals surface area contributed by atoms with Gasteiger partial charge in [0.2, 0.25) is 0 Å². The lowest BCUT2D eigenvalue weighted by atomic mass is 10.4. The SMILES string of the molecule is C=CCCOCCNCC#N. The minimum atomic E-state index is 0.394. The topological polar surface area (TPSA) is 45.0 Å². The number of hydrogen-bond donors (Lipinski definition) is 1. The van der Waals surface area contributed by atoms with Crippen LogP contribution in [0, 0.1) is 11.3 Å². The fourth-order valence-electron chi connectivity index (χ4n) is 0.557. The summed E-state index contributed by atoms with van der Waals surface area (Å²) in [5, 5.41) is 11.0. The van der Waals surface area contributed by atoms with E-state index in [0.717, 1.165) is 19.6 Å². The molecule has 0 aliphatic rings. The Balaban J connectivity index is 2.80. The molecule has 0 unspecified atom stereocenters. The van der Waals surface area contributed by atoms with Crippen molar-refractivity contribution in [1.29, 1.82) is 5.26 Å². The van der Waals surface area contributed by atoms with Crippen LogP contribution in [0.25, 0.3) is 0 Å². The van der Waals surface area contributed by atoms with Crippen LogP contribution in [0.1, 0.15) is 6.42 Å². The van der Waals surface area contributed by atoms with Crippen molar-refractivity contribution in [3.63, 3.8) is 0 Å². The Morgan fingerprint density at radius 2 is 2.36 bits per heavy atom. The summed E-state index contributed by atoms with van der Waals surface area (Å²) < 4.78 is 5.18. The maximum atomic E-state index is 8.14. The standard InChI is InChI=1S/C8H14N2O/c1-2-3-7-11-8-6-10-5-4-9/h2,10H,1,3,5-8H2. The van der Waals surface area contributed by atoms with E-state index in [0.29, 0.717) is 13.2 Å². The van der Waals surface area contributed by atoms with Crippen LogP contribution in [-0.2, 0) is 4.74 Å². The normalized spacial score (nSPS) is 9.00. The monoisotopic (exact) mass is 154 g/mol. The Hall–Kier alpha value is -0.850. The molecule has 0 spiro atoms. The fraction of sp³-hybridized carbons (Fsp3) is 0.625. The van der Waals surface area contributed by atoms with E-state index in [-0.39, 0.29) is 0 Å². The average Bonchev–Trinajstić information content (AvgIpc) is 2.03. The van der Waals surface area contributed by atoms with Crippen LogP contribution in [0.4, 0.5) is 0 Å². The Kier molecular flexibility index (Phi) is 8.44. The molecule has 0 aromatic rings. The van der Waals surface area contributed by atoms with Gasteiger partial charge < -0.3 is 10.1 Å². The van der Waals surface area contributed by atoms with Crippen LogP contribution in [0.3, 0.4) is 0 Å². The van der Waals surface area contributed by atoms with Gasteiger partial charge in [0.25, 0.3) is 0 Å².